The molecule has 1 saturated heterocycles. The van der Waals surface area contributed by atoms with E-state index in [0.29, 0.717) is 23.8 Å². The van der Waals surface area contributed by atoms with Crippen molar-refractivity contribution in [3.05, 3.63) is 34.9 Å². The van der Waals surface area contributed by atoms with Crippen LogP contribution in [-0.2, 0) is 19.9 Å². The summed E-state index contributed by atoms with van der Waals surface area (Å²) in [5, 5.41) is 14.3. The zero-order valence-electron chi connectivity index (χ0n) is 13.5. The smallest absolute Gasteiger partial charge is 0.256 e. The molecule has 5 nitrogen and oxygen atoms in total. The fourth-order valence-electron chi connectivity index (χ4n) is 2.87. The maximum Gasteiger partial charge on any atom is 0.256 e. The fourth-order valence-corrected chi connectivity index (χ4v) is 3.06. The Hall–Kier alpha value is -1.14. The van der Waals surface area contributed by atoms with Gasteiger partial charge in [0.15, 0.2) is 5.60 Å². The average Bonchev–Trinajstić information content (AvgIpc) is 3.08. The SMILES string of the molecule is CC[C@](O)(C(=O)N[C@H](COC)[C@@H]1CCCO1)c1cccc(Cl)c1. The molecule has 0 bridgehead atoms. The monoisotopic (exact) mass is 341 g/mol. The molecule has 0 aliphatic carbocycles. The van der Waals surface area contributed by atoms with E-state index in [1.807, 2.05) is 0 Å². The average molecular weight is 342 g/mol. The summed E-state index contributed by atoms with van der Waals surface area (Å²) >= 11 is 5.99. The van der Waals surface area contributed by atoms with Crippen molar-refractivity contribution < 1.29 is 19.4 Å². The molecule has 6 heteroatoms. The molecule has 1 aromatic carbocycles. The van der Waals surface area contributed by atoms with Gasteiger partial charge < -0.3 is 19.9 Å². The third-order valence-electron chi connectivity index (χ3n) is 4.27. The summed E-state index contributed by atoms with van der Waals surface area (Å²) in [5.41, 5.74) is -1.15. The molecule has 23 heavy (non-hydrogen) atoms. The Morgan fingerprint density at radius 3 is 2.96 bits per heavy atom. The Labute approximate surface area is 141 Å². The maximum atomic E-state index is 12.7. The highest BCUT2D eigenvalue weighted by molar-refractivity contribution is 6.30. The first kappa shape index (κ1) is 18.2. The second-order valence-electron chi connectivity index (χ2n) is 5.81. The number of halogens is 1. The van der Waals surface area contributed by atoms with Crippen LogP contribution >= 0.6 is 11.6 Å². The highest BCUT2D eigenvalue weighted by Gasteiger charge is 2.39. The number of carbonyl (C=O) groups is 1. The lowest BCUT2D eigenvalue weighted by molar-refractivity contribution is -0.143. The lowest BCUT2D eigenvalue weighted by Gasteiger charge is -2.31. The second kappa shape index (κ2) is 8.11. The summed E-state index contributed by atoms with van der Waals surface area (Å²) in [6, 6.07) is 6.46. The lowest BCUT2D eigenvalue weighted by atomic mass is 9.89. The number of benzene rings is 1. The molecule has 1 aromatic rings. The Bertz CT molecular complexity index is 533. The van der Waals surface area contributed by atoms with Gasteiger partial charge in [-0.2, -0.15) is 0 Å². The van der Waals surface area contributed by atoms with Crippen LogP contribution in [0.4, 0.5) is 0 Å². The Morgan fingerprint density at radius 1 is 1.61 bits per heavy atom. The van der Waals surface area contributed by atoms with Gasteiger partial charge in [0.2, 0.25) is 0 Å². The summed E-state index contributed by atoms with van der Waals surface area (Å²) in [4.78, 5) is 12.7. The van der Waals surface area contributed by atoms with Gasteiger partial charge in [-0.1, -0.05) is 30.7 Å². The predicted octanol–water partition coefficient (Wildman–Crippen LogP) is 2.25. The van der Waals surface area contributed by atoms with E-state index in [4.69, 9.17) is 21.1 Å². The van der Waals surface area contributed by atoms with Crippen molar-refractivity contribution in [1.29, 1.82) is 0 Å². The van der Waals surface area contributed by atoms with Crippen molar-refractivity contribution >= 4 is 17.5 Å². The van der Waals surface area contributed by atoms with Crippen molar-refractivity contribution in [3.63, 3.8) is 0 Å². The van der Waals surface area contributed by atoms with Crippen molar-refractivity contribution in [1.82, 2.24) is 5.32 Å². The molecule has 0 radical (unpaired) electrons. The molecule has 1 aliphatic rings. The van der Waals surface area contributed by atoms with Gasteiger partial charge >= 0.3 is 0 Å². The van der Waals surface area contributed by atoms with Gasteiger partial charge in [-0.15, -0.1) is 0 Å². The molecular formula is C17H24ClNO4. The predicted molar refractivity (Wildman–Crippen MR) is 88.4 cm³/mol. The van der Waals surface area contributed by atoms with Crippen molar-refractivity contribution in [2.24, 2.45) is 0 Å². The topological polar surface area (TPSA) is 67.8 Å². The van der Waals surface area contributed by atoms with E-state index in [0.717, 1.165) is 12.8 Å². The van der Waals surface area contributed by atoms with Crippen molar-refractivity contribution in [2.75, 3.05) is 20.3 Å². The van der Waals surface area contributed by atoms with Crippen LogP contribution in [0.3, 0.4) is 0 Å². The van der Waals surface area contributed by atoms with Gasteiger partial charge in [-0.3, -0.25) is 4.79 Å². The van der Waals surface area contributed by atoms with Gasteiger partial charge in [-0.25, -0.2) is 0 Å². The number of methoxy groups -OCH3 is 1. The molecule has 1 heterocycles. The normalized spacial score (nSPS) is 21.7. The molecule has 128 valence electrons. The Balaban J connectivity index is 2.17. The third-order valence-corrected chi connectivity index (χ3v) is 4.50. The minimum Gasteiger partial charge on any atom is -0.382 e. The Kier molecular flexibility index (Phi) is 6.41. The van der Waals surface area contributed by atoms with Crippen LogP contribution in [0.2, 0.25) is 5.02 Å². The quantitative estimate of drug-likeness (QED) is 0.798. The molecule has 2 N–H and O–H groups in total. The third kappa shape index (κ3) is 4.23. The van der Waals surface area contributed by atoms with Gasteiger partial charge in [0, 0.05) is 18.7 Å². The first-order chi connectivity index (χ1) is 11.0. The van der Waals surface area contributed by atoms with Gasteiger partial charge in [-0.05, 0) is 37.0 Å². The summed E-state index contributed by atoms with van der Waals surface area (Å²) in [6.07, 6.45) is 1.99. The summed E-state index contributed by atoms with van der Waals surface area (Å²) in [7, 11) is 1.58. The number of amides is 1. The molecule has 2 rings (SSSR count). The molecule has 0 unspecified atom stereocenters. The molecule has 0 aromatic heterocycles. The number of rotatable bonds is 7. The zero-order chi connectivity index (χ0) is 16.9. The summed E-state index contributed by atoms with van der Waals surface area (Å²) in [6.45, 7) is 2.79. The molecule has 1 amide bonds. The van der Waals surface area contributed by atoms with Crippen LogP contribution in [0.15, 0.2) is 24.3 Å². The summed E-state index contributed by atoms with van der Waals surface area (Å²) < 4.78 is 10.8. The molecule has 1 fully saturated rings. The van der Waals surface area contributed by atoms with Gasteiger partial charge in [0.25, 0.3) is 5.91 Å². The molecular weight excluding hydrogens is 318 g/mol. The Morgan fingerprint density at radius 2 is 2.39 bits per heavy atom. The first-order valence-electron chi connectivity index (χ1n) is 7.91. The van der Waals surface area contributed by atoms with E-state index in [-0.39, 0.29) is 18.6 Å². The minimum absolute atomic E-state index is 0.0839. The highest BCUT2D eigenvalue weighted by atomic mass is 35.5. The van der Waals surface area contributed by atoms with Gasteiger partial charge in [0.1, 0.15) is 0 Å². The highest BCUT2D eigenvalue weighted by Crippen LogP contribution is 2.28. The summed E-state index contributed by atoms with van der Waals surface area (Å²) in [5.74, 6) is -0.459. The second-order valence-corrected chi connectivity index (χ2v) is 6.25. The zero-order valence-corrected chi connectivity index (χ0v) is 14.3. The fraction of sp³-hybridized carbons (Fsp3) is 0.588. The number of hydrogen-bond donors (Lipinski definition) is 2. The first-order valence-corrected chi connectivity index (χ1v) is 8.29. The minimum atomic E-state index is -1.63. The van der Waals surface area contributed by atoms with Gasteiger partial charge in [0.05, 0.1) is 18.8 Å². The van der Waals surface area contributed by atoms with Crippen molar-refractivity contribution in [3.8, 4) is 0 Å². The van der Waals surface area contributed by atoms with E-state index in [1.54, 1.807) is 38.3 Å². The standard InChI is InChI=1S/C17H24ClNO4/c1-3-17(21,12-6-4-7-13(18)10-12)16(20)19-14(11-22-2)15-8-5-9-23-15/h4,6-7,10,14-15,21H,3,5,8-9,11H2,1-2H3,(H,19,20)/t14-,15+,17-/m1/s1. The molecule has 0 spiro atoms. The largest absolute Gasteiger partial charge is 0.382 e. The van der Waals surface area contributed by atoms with Crippen LogP contribution < -0.4 is 5.32 Å². The van der Waals surface area contributed by atoms with E-state index < -0.39 is 11.5 Å². The van der Waals surface area contributed by atoms with E-state index in [1.165, 1.54) is 0 Å². The number of aliphatic hydroxyl groups is 1. The number of hydrogen-bond acceptors (Lipinski definition) is 4. The lowest BCUT2D eigenvalue weighted by Crippen LogP contribution is -2.53. The van der Waals surface area contributed by atoms with Crippen LogP contribution in [0.1, 0.15) is 31.7 Å². The van der Waals surface area contributed by atoms with Crippen LogP contribution in [-0.4, -0.2) is 43.5 Å². The van der Waals surface area contributed by atoms with E-state index in [9.17, 15) is 9.90 Å². The molecule has 1 aliphatic heterocycles. The molecule has 3 atom stereocenters. The number of ether oxygens (including phenoxy) is 2. The van der Waals surface area contributed by atoms with E-state index >= 15 is 0 Å². The maximum absolute atomic E-state index is 12.7. The van der Waals surface area contributed by atoms with Crippen LogP contribution in [0.5, 0.6) is 0 Å². The van der Waals surface area contributed by atoms with Crippen molar-refractivity contribution in [2.45, 2.75) is 43.9 Å². The van der Waals surface area contributed by atoms with Crippen LogP contribution in [0.25, 0.3) is 0 Å². The molecule has 0 saturated carbocycles. The number of nitrogens with one attached hydrogen (secondary N) is 1. The van der Waals surface area contributed by atoms with Crippen LogP contribution in [0, 0.1) is 0 Å². The number of carbonyl (C=O) groups excluding carboxylic acids is 1. The van der Waals surface area contributed by atoms with E-state index in [2.05, 4.69) is 5.32 Å².